The first-order valence-corrected chi connectivity index (χ1v) is 8.54. The second-order valence-electron chi connectivity index (χ2n) is 6.51. The van der Waals surface area contributed by atoms with Gasteiger partial charge in [0.15, 0.2) is 0 Å². The number of benzene rings is 1. The van der Waals surface area contributed by atoms with Crippen molar-refractivity contribution in [3.63, 3.8) is 0 Å². The predicted octanol–water partition coefficient (Wildman–Crippen LogP) is 1.98. The molecule has 1 unspecified atom stereocenters. The molecule has 0 aromatic heterocycles. The van der Waals surface area contributed by atoms with Gasteiger partial charge in [-0.1, -0.05) is 6.07 Å². The summed E-state index contributed by atoms with van der Waals surface area (Å²) >= 11 is 0. The quantitative estimate of drug-likeness (QED) is 0.784. The summed E-state index contributed by atoms with van der Waals surface area (Å²) in [5.41, 5.74) is 1.26. The van der Waals surface area contributed by atoms with Gasteiger partial charge in [0.05, 0.1) is 0 Å². The van der Waals surface area contributed by atoms with Crippen LogP contribution in [0.2, 0.25) is 0 Å². The van der Waals surface area contributed by atoms with Crippen LogP contribution in [0.15, 0.2) is 24.3 Å². The van der Waals surface area contributed by atoms with E-state index in [2.05, 4.69) is 5.32 Å². The molecule has 1 fully saturated rings. The number of hydrogen-bond donors (Lipinski definition) is 2. The largest absolute Gasteiger partial charge is 0.480 e. The van der Waals surface area contributed by atoms with Crippen molar-refractivity contribution in [2.24, 2.45) is 5.92 Å². The highest BCUT2D eigenvalue weighted by Gasteiger charge is 2.28. The van der Waals surface area contributed by atoms with Crippen molar-refractivity contribution in [2.45, 2.75) is 32.7 Å². The van der Waals surface area contributed by atoms with Crippen molar-refractivity contribution >= 4 is 23.9 Å². The van der Waals surface area contributed by atoms with Crippen LogP contribution >= 0.6 is 0 Å². The summed E-state index contributed by atoms with van der Waals surface area (Å²) in [4.78, 5) is 36.7. The van der Waals surface area contributed by atoms with Gasteiger partial charge >= 0.3 is 5.97 Å². The Morgan fingerprint density at radius 3 is 2.54 bits per heavy atom. The zero-order valence-electron chi connectivity index (χ0n) is 14.9. The first kappa shape index (κ1) is 19.6. The Bertz CT molecular complexity index is 724. The smallest absolute Gasteiger partial charge is 0.325 e. The molecule has 0 spiro atoms. The fourth-order valence-corrected chi connectivity index (χ4v) is 2.80. The number of amides is 2. The number of carboxylic acids is 1. The van der Waals surface area contributed by atoms with Gasteiger partial charge in [0.25, 0.3) is 0 Å². The molecule has 26 heavy (non-hydrogen) atoms. The molecule has 1 aromatic rings. The molecule has 0 aliphatic carbocycles. The number of aliphatic carboxylic acids is 1. The van der Waals surface area contributed by atoms with E-state index >= 15 is 0 Å². The van der Waals surface area contributed by atoms with Crippen molar-refractivity contribution in [3.05, 3.63) is 41.2 Å². The highest BCUT2D eigenvalue weighted by Crippen LogP contribution is 2.18. The maximum Gasteiger partial charge on any atom is 0.325 e. The van der Waals surface area contributed by atoms with E-state index in [0.717, 1.165) is 5.56 Å². The van der Waals surface area contributed by atoms with Crippen molar-refractivity contribution in [2.75, 3.05) is 13.1 Å². The monoisotopic (exact) mass is 362 g/mol. The summed E-state index contributed by atoms with van der Waals surface area (Å²) in [6.45, 7) is 3.95. The molecule has 2 amide bonds. The number of carbonyl (C=O) groups is 3. The molecule has 140 valence electrons. The topological polar surface area (TPSA) is 86.7 Å². The van der Waals surface area contributed by atoms with Crippen molar-refractivity contribution in [1.82, 2.24) is 10.2 Å². The number of halogens is 1. The van der Waals surface area contributed by atoms with Gasteiger partial charge in [0.2, 0.25) is 11.8 Å². The third-order valence-electron chi connectivity index (χ3n) is 4.51. The van der Waals surface area contributed by atoms with Gasteiger partial charge < -0.3 is 15.3 Å². The van der Waals surface area contributed by atoms with Crippen LogP contribution in [-0.4, -0.2) is 46.9 Å². The van der Waals surface area contributed by atoms with E-state index in [1.165, 1.54) is 19.1 Å². The second kappa shape index (κ2) is 8.60. The average molecular weight is 362 g/mol. The highest BCUT2D eigenvalue weighted by molar-refractivity contribution is 5.92. The number of likely N-dealkylation sites (tertiary alicyclic amines) is 1. The molecule has 1 aliphatic heterocycles. The molecule has 1 atom stereocenters. The van der Waals surface area contributed by atoms with E-state index in [0.29, 0.717) is 31.5 Å². The molecular formula is C19H23FN2O4. The van der Waals surface area contributed by atoms with Crippen LogP contribution in [0.3, 0.4) is 0 Å². The van der Waals surface area contributed by atoms with Gasteiger partial charge in [-0.15, -0.1) is 0 Å². The van der Waals surface area contributed by atoms with Crippen LogP contribution in [-0.2, 0) is 14.4 Å². The van der Waals surface area contributed by atoms with E-state index in [-0.39, 0.29) is 23.5 Å². The lowest BCUT2D eigenvalue weighted by Crippen LogP contribution is -2.46. The SMILES string of the molecule is Cc1cc(/C=C/C(=O)N2CCC(C(=O)NC(C)C(=O)O)CC2)ccc1F. The number of piperidine rings is 1. The fraction of sp³-hybridized carbons (Fsp3) is 0.421. The van der Waals surface area contributed by atoms with E-state index < -0.39 is 12.0 Å². The summed E-state index contributed by atoms with van der Waals surface area (Å²) in [6.07, 6.45) is 4.07. The standard InChI is InChI=1S/C19H23FN2O4/c1-12-11-14(3-5-16(12)20)4-6-17(23)22-9-7-15(8-10-22)18(24)21-13(2)19(25)26/h3-6,11,13,15H,7-10H2,1-2H3,(H,21,24)(H,25,26)/b6-4+. The molecule has 7 heteroatoms. The van der Waals surface area contributed by atoms with E-state index in [9.17, 15) is 18.8 Å². The lowest BCUT2D eigenvalue weighted by molar-refractivity contribution is -0.142. The van der Waals surface area contributed by atoms with Crippen LogP contribution in [0.4, 0.5) is 4.39 Å². The molecule has 1 aromatic carbocycles. The maximum atomic E-state index is 13.2. The van der Waals surface area contributed by atoms with Gasteiger partial charge in [0.1, 0.15) is 11.9 Å². The Morgan fingerprint density at radius 1 is 1.31 bits per heavy atom. The molecule has 2 N–H and O–H groups in total. The fourth-order valence-electron chi connectivity index (χ4n) is 2.80. The Kier molecular flexibility index (Phi) is 6.49. The number of hydrogen-bond acceptors (Lipinski definition) is 3. The first-order valence-electron chi connectivity index (χ1n) is 8.54. The van der Waals surface area contributed by atoms with Crippen molar-refractivity contribution in [1.29, 1.82) is 0 Å². The Balaban J connectivity index is 1.86. The maximum absolute atomic E-state index is 13.2. The Hall–Kier alpha value is -2.70. The normalized spacial score (nSPS) is 16.5. The van der Waals surface area contributed by atoms with Crippen molar-refractivity contribution < 1.29 is 23.9 Å². The first-order chi connectivity index (χ1) is 12.3. The molecular weight excluding hydrogens is 339 g/mol. The summed E-state index contributed by atoms with van der Waals surface area (Å²) < 4.78 is 13.2. The van der Waals surface area contributed by atoms with E-state index in [1.807, 2.05) is 0 Å². The van der Waals surface area contributed by atoms with Gasteiger partial charge in [-0.3, -0.25) is 14.4 Å². The van der Waals surface area contributed by atoms with Crippen LogP contribution < -0.4 is 5.32 Å². The zero-order valence-corrected chi connectivity index (χ0v) is 14.9. The number of rotatable bonds is 5. The van der Waals surface area contributed by atoms with Gasteiger partial charge in [-0.25, -0.2) is 4.39 Å². The number of nitrogens with one attached hydrogen (secondary N) is 1. The number of carbonyl (C=O) groups excluding carboxylic acids is 2. The van der Waals surface area contributed by atoms with E-state index in [4.69, 9.17) is 5.11 Å². The molecule has 1 heterocycles. The zero-order chi connectivity index (χ0) is 19.3. The second-order valence-corrected chi connectivity index (χ2v) is 6.51. The number of carboxylic acid groups (broad SMARTS) is 1. The minimum Gasteiger partial charge on any atom is -0.480 e. The molecule has 0 bridgehead atoms. The van der Waals surface area contributed by atoms with Gasteiger partial charge in [-0.05, 0) is 56.0 Å². The third-order valence-corrected chi connectivity index (χ3v) is 4.51. The lowest BCUT2D eigenvalue weighted by atomic mass is 9.95. The summed E-state index contributed by atoms with van der Waals surface area (Å²) in [5.74, 6) is -2.10. The molecule has 6 nitrogen and oxygen atoms in total. The summed E-state index contributed by atoms with van der Waals surface area (Å²) in [6, 6.07) is 3.71. The number of nitrogens with zero attached hydrogens (tertiary/aromatic N) is 1. The highest BCUT2D eigenvalue weighted by atomic mass is 19.1. The van der Waals surface area contributed by atoms with Crippen molar-refractivity contribution in [3.8, 4) is 0 Å². The lowest BCUT2D eigenvalue weighted by Gasteiger charge is -2.31. The average Bonchev–Trinajstić information content (AvgIpc) is 2.62. The van der Waals surface area contributed by atoms with Gasteiger partial charge in [-0.2, -0.15) is 0 Å². The molecule has 1 aliphatic rings. The minimum atomic E-state index is -1.08. The predicted molar refractivity (Wildman–Crippen MR) is 94.7 cm³/mol. The Labute approximate surface area is 151 Å². The van der Waals surface area contributed by atoms with Crippen LogP contribution in [0.5, 0.6) is 0 Å². The van der Waals surface area contributed by atoms with E-state index in [1.54, 1.807) is 30.0 Å². The van der Waals surface area contributed by atoms with Crippen LogP contribution in [0.1, 0.15) is 30.9 Å². The molecule has 1 saturated heterocycles. The van der Waals surface area contributed by atoms with Gasteiger partial charge in [0, 0.05) is 25.1 Å². The molecule has 0 saturated carbocycles. The van der Waals surface area contributed by atoms with Crippen LogP contribution in [0.25, 0.3) is 6.08 Å². The third kappa shape index (κ3) is 5.15. The summed E-state index contributed by atoms with van der Waals surface area (Å²) in [5, 5.41) is 11.3. The Morgan fingerprint density at radius 2 is 1.96 bits per heavy atom. The minimum absolute atomic E-state index is 0.162. The molecule has 0 radical (unpaired) electrons. The number of aryl methyl sites for hydroxylation is 1. The summed E-state index contributed by atoms with van der Waals surface area (Å²) in [7, 11) is 0. The molecule has 2 rings (SSSR count). The van der Waals surface area contributed by atoms with Crippen LogP contribution in [0, 0.1) is 18.7 Å².